The second kappa shape index (κ2) is 11.7. The molecule has 65 heavy (non-hydrogen) atoms. The first-order chi connectivity index (χ1) is 31.6. The molecule has 310 valence electrons. The summed E-state index contributed by atoms with van der Waals surface area (Å²) in [7, 11) is 0. The average Bonchev–Trinajstić information content (AvgIpc) is 4.05. The molecule has 16 heteroatoms. The first kappa shape index (κ1) is 35.2. The van der Waals surface area contributed by atoms with Gasteiger partial charge in [0.1, 0.15) is 29.3 Å². The van der Waals surface area contributed by atoms with E-state index in [-0.39, 0.29) is 30.0 Å². The van der Waals surface area contributed by atoms with E-state index in [0.717, 1.165) is 43.1 Å². The van der Waals surface area contributed by atoms with Gasteiger partial charge in [0.2, 0.25) is 0 Å². The lowest BCUT2D eigenvalue weighted by Gasteiger charge is -2.13. The Morgan fingerprint density at radius 1 is 0.292 bits per heavy atom. The fourth-order valence-corrected chi connectivity index (χ4v) is 10.6. The lowest BCUT2D eigenvalue weighted by Crippen LogP contribution is -2.32. The summed E-state index contributed by atoms with van der Waals surface area (Å²) < 4.78 is 3.86. The molecule has 4 aliphatic rings. The molecule has 16 N–H and O–H groups in total. The van der Waals surface area contributed by atoms with Crippen LogP contribution in [0.5, 0.6) is 0 Å². The topological polar surface area (TPSA) is 292 Å². The molecule has 0 saturated carbocycles. The Balaban J connectivity index is 1.28. The highest BCUT2D eigenvalue weighted by Gasteiger charge is 2.36. The van der Waals surface area contributed by atoms with Crippen molar-refractivity contribution in [3.63, 3.8) is 0 Å². The third kappa shape index (κ3) is 4.15. The number of anilines is 8. The van der Waals surface area contributed by atoms with E-state index in [1.165, 1.54) is 0 Å². The van der Waals surface area contributed by atoms with Crippen molar-refractivity contribution in [3.05, 3.63) is 130 Å². The fourth-order valence-electron chi connectivity index (χ4n) is 10.6. The predicted molar refractivity (Wildman–Crippen MR) is 265 cm³/mol. The summed E-state index contributed by atoms with van der Waals surface area (Å²) in [5.74, 6) is 1.87. The molecule has 0 spiro atoms. The van der Waals surface area contributed by atoms with Gasteiger partial charge in [-0.15, -0.1) is 0 Å². The lowest BCUT2D eigenvalue weighted by atomic mass is 9.96. The van der Waals surface area contributed by atoms with Gasteiger partial charge in [0, 0.05) is 43.1 Å². The second-order valence-corrected chi connectivity index (χ2v) is 16.7. The number of hydrogen-bond acceptors (Lipinski definition) is 14. The summed E-state index contributed by atoms with van der Waals surface area (Å²) in [5, 5.41) is 8.06. The number of benzene rings is 8. The standard InChI is InChI=1S/C49H34N16/c50-34-18-9-1-2-10-19(18)35(51)27-26(34)42-58-43(27)61-47-32-33(41(57)25-16-8-7-15-24(25)40(32)56)49-63-45-29-28(36(52)20-11-3-4-12-21(20)37(29)53)44(59-45)62-48-31-30(46(60-42)64(48)17-65(47)49)38(54)22-13-5-6-14-23(22)39(31)55/h1-16H,17,50-57H2. The van der Waals surface area contributed by atoms with Gasteiger partial charge in [0.25, 0.3) is 0 Å². The Morgan fingerprint density at radius 2 is 0.554 bits per heavy atom. The molecule has 0 unspecified atom stereocenters. The van der Waals surface area contributed by atoms with Crippen LogP contribution < -0.4 is 56.8 Å². The highest BCUT2D eigenvalue weighted by molar-refractivity contribution is 6.35. The summed E-state index contributed by atoms with van der Waals surface area (Å²) in [5.41, 5.74) is 64.2. The number of fused-ring (bicyclic) bond motifs is 18. The molecule has 6 heterocycles. The summed E-state index contributed by atoms with van der Waals surface area (Å²) in [6.07, 6.45) is 0. The molecule has 0 aliphatic carbocycles. The van der Waals surface area contributed by atoms with Crippen molar-refractivity contribution in [1.29, 1.82) is 0 Å². The van der Waals surface area contributed by atoms with E-state index in [0.29, 0.717) is 112 Å². The van der Waals surface area contributed by atoms with E-state index < -0.39 is 0 Å². The molecule has 0 amide bonds. The zero-order chi connectivity index (χ0) is 43.9. The van der Waals surface area contributed by atoms with Crippen molar-refractivity contribution in [3.8, 4) is 0 Å². The average molecular weight is 847 g/mol. The number of rotatable bonds is 0. The largest absolute Gasteiger partial charge is 0.398 e. The van der Waals surface area contributed by atoms with Crippen LogP contribution in [0.1, 0.15) is 22.3 Å². The minimum atomic E-state index is 0.0107. The molecule has 0 saturated heterocycles. The van der Waals surface area contributed by atoms with Crippen LogP contribution in [0, 0.1) is 0 Å². The molecule has 2 aromatic heterocycles. The Hall–Kier alpha value is -9.44. The predicted octanol–water partition coefficient (Wildman–Crippen LogP) is 6.32. The van der Waals surface area contributed by atoms with E-state index in [1.807, 2.05) is 106 Å². The van der Waals surface area contributed by atoms with Gasteiger partial charge in [-0.25, -0.2) is 30.0 Å². The van der Waals surface area contributed by atoms with Crippen molar-refractivity contribution in [1.82, 2.24) is 9.13 Å². The smallest absolute Gasteiger partial charge is 0.166 e. The number of amidine groups is 4. The molecule has 0 atom stereocenters. The summed E-state index contributed by atoms with van der Waals surface area (Å²) in [6.45, 7) is 0.0107. The number of nitrogen functional groups attached to an aromatic ring is 8. The van der Waals surface area contributed by atoms with Crippen molar-refractivity contribution in [2.24, 2.45) is 30.0 Å². The van der Waals surface area contributed by atoms with Crippen LogP contribution in [-0.4, -0.2) is 32.5 Å². The Morgan fingerprint density at radius 3 is 0.862 bits per heavy atom. The van der Waals surface area contributed by atoms with E-state index in [1.54, 1.807) is 0 Å². The Kier molecular flexibility index (Phi) is 6.34. The maximum Gasteiger partial charge on any atom is 0.166 e. The number of aliphatic imine (C=N–C) groups is 4. The van der Waals surface area contributed by atoms with Crippen LogP contribution in [0.25, 0.3) is 64.6 Å². The Labute approximate surface area is 365 Å². The lowest BCUT2D eigenvalue weighted by molar-refractivity contribution is 0.584. The van der Waals surface area contributed by atoms with E-state index >= 15 is 0 Å². The molecule has 0 radical (unpaired) electrons. The fraction of sp³-hybridized carbons (Fsp3) is 0.0204. The van der Waals surface area contributed by atoms with Crippen LogP contribution in [0.15, 0.2) is 127 Å². The molecule has 0 fully saturated rings. The van der Waals surface area contributed by atoms with Crippen LogP contribution in [0.3, 0.4) is 0 Å². The molecule has 4 aliphatic heterocycles. The summed E-state index contributed by atoms with van der Waals surface area (Å²) in [4.78, 5) is 32.1. The van der Waals surface area contributed by atoms with Gasteiger partial charge in [-0.05, 0) is 0 Å². The minimum absolute atomic E-state index is 0.0107. The third-order valence-corrected chi connectivity index (χ3v) is 13.5. The summed E-state index contributed by atoms with van der Waals surface area (Å²) >= 11 is 0. The van der Waals surface area contributed by atoms with Gasteiger partial charge in [-0.1, -0.05) is 97.1 Å². The van der Waals surface area contributed by atoms with E-state index in [2.05, 4.69) is 0 Å². The van der Waals surface area contributed by atoms with Crippen molar-refractivity contribution in [2.75, 3.05) is 45.9 Å². The molecule has 14 rings (SSSR count). The number of nitrogens with zero attached hydrogens (tertiary/aromatic N) is 8. The number of nitrogens with two attached hydrogens (primary N) is 8. The van der Waals surface area contributed by atoms with Crippen LogP contribution in [0.4, 0.5) is 57.1 Å². The molecule has 8 aromatic carbocycles. The first-order valence-corrected chi connectivity index (χ1v) is 20.8. The summed E-state index contributed by atoms with van der Waals surface area (Å²) in [6, 6.07) is 30.8. The maximum atomic E-state index is 7.31. The van der Waals surface area contributed by atoms with Crippen molar-refractivity contribution < 1.29 is 0 Å². The number of aromatic nitrogens is 2. The Bertz CT molecular complexity index is 4030. The zero-order valence-corrected chi connectivity index (χ0v) is 34.1. The normalized spacial score (nSPS) is 14.6. The third-order valence-electron chi connectivity index (χ3n) is 13.5. The molecular weight excluding hydrogens is 813 g/mol. The van der Waals surface area contributed by atoms with Crippen molar-refractivity contribution >= 4 is 145 Å². The van der Waals surface area contributed by atoms with Crippen molar-refractivity contribution in [2.45, 2.75) is 6.67 Å². The molecule has 16 nitrogen and oxygen atoms in total. The minimum Gasteiger partial charge on any atom is -0.398 e. The first-order valence-electron chi connectivity index (χ1n) is 20.8. The molecule has 6 bridgehead atoms. The molecule has 10 aromatic rings. The van der Waals surface area contributed by atoms with Crippen LogP contribution in [-0.2, 0) is 6.67 Å². The van der Waals surface area contributed by atoms with Crippen LogP contribution in [0.2, 0.25) is 0 Å². The van der Waals surface area contributed by atoms with Gasteiger partial charge < -0.3 is 45.9 Å². The van der Waals surface area contributed by atoms with Gasteiger partial charge in [0.05, 0.1) is 89.3 Å². The number of hydrogen-bond donors (Lipinski definition) is 8. The van der Waals surface area contributed by atoms with Gasteiger partial charge in [-0.2, -0.15) is 0 Å². The molecular formula is C49H34N16. The van der Waals surface area contributed by atoms with Gasteiger partial charge >= 0.3 is 0 Å². The van der Waals surface area contributed by atoms with E-state index in [4.69, 9.17) is 75.8 Å². The van der Waals surface area contributed by atoms with E-state index in [9.17, 15) is 0 Å². The monoisotopic (exact) mass is 846 g/mol. The van der Waals surface area contributed by atoms with Crippen LogP contribution >= 0.6 is 0 Å². The highest BCUT2D eigenvalue weighted by atomic mass is 15.3. The quantitative estimate of drug-likeness (QED) is 0.0630. The highest BCUT2D eigenvalue weighted by Crippen LogP contribution is 2.51. The zero-order valence-electron chi connectivity index (χ0n) is 34.1. The SMILES string of the molecule is Nc1c2c(c(N)c3ccccc13)C1=Nc3c4c(N)c5ccccc5c(N)c4c4n3Cn3c(c5c(N)c6ccccc6c(N)c5c3=NC3=NC(=N4)c4c3c(N)c3ccccc3c4N)=NC2=N1. The van der Waals surface area contributed by atoms with Gasteiger partial charge in [0.15, 0.2) is 23.3 Å². The maximum absolute atomic E-state index is 7.31. The second-order valence-electron chi connectivity index (χ2n) is 16.7. The van der Waals surface area contributed by atoms with Gasteiger partial charge in [-0.3, -0.25) is 9.13 Å².